The van der Waals surface area contributed by atoms with E-state index >= 15 is 0 Å². The number of allylic oxidation sites excluding steroid dienone is 3. The molecule has 0 N–H and O–H groups in total. The van der Waals surface area contributed by atoms with E-state index in [-0.39, 0.29) is 0 Å². The maximum atomic E-state index is 5.83. The van der Waals surface area contributed by atoms with Crippen molar-refractivity contribution in [3.05, 3.63) is 35.5 Å². The molecule has 3 rings (SSSR count). The topological polar surface area (TPSA) is 9.23 Å². The highest BCUT2D eigenvalue weighted by molar-refractivity contribution is 5.40. The first-order valence-corrected chi connectivity index (χ1v) is 5.14. The van der Waals surface area contributed by atoms with Gasteiger partial charge < -0.3 is 4.74 Å². The molecule has 0 spiro atoms. The standard InChI is InChI=1S/C12H14O/c1-2-5-10-9(4-1)8-13-12-7-3-6-11(10)12/h1-2,4-5,9,12H,3,6-8H2. The summed E-state index contributed by atoms with van der Waals surface area (Å²) in [5, 5.41) is 0. The van der Waals surface area contributed by atoms with Crippen LogP contribution in [-0.4, -0.2) is 12.7 Å². The molecule has 0 amide bonds. The van der Waals surface area contributed by atoms with Crippen molar-refractivity contribution in [2.75, 3.05) is 6.61 Å². The lowest BCUT2D eigenvalue weighted by Crippen LogP contribution is -2.25. The van der Waals surface area contributed by atoms with Gasteiger partial charge in [0.2, 0.25) is 0 Å². The number of rotatable bonds is 0. The second-order valence-electron chi connectivity index (χ2n) is 4.05. The minimum atomic E-state index is 0.461. The summed E-state index contributed by atoms with van der Waals surface area (Å²) < 4.78 is 5.83. The minimum absolute atomic E-state index is 0.461. The molecule has 1 aliphatic heterocycles. The Morgan fingerprint density at radius 1 is 1.31 bits per heavy atom. The molecular weight excluding hydrogens is 160 g/mol. The molecule has 1 heterocycles. The van der Waals surface area contributed by atoms with Crippen LogP contribution in [0.25, 0.3) is 0 Å². The van der Waals surface area contributed by atoms with Crippen LogP contribution >= 0.6 is 0 Å². The SMILES string of the molecule is C1=CC2=C3CCCC3OCC2C=C1. The summed E-state index contributed by atoms with van der Waals surface area (Å²) >= 11 is 0. The second-order valence-corrected chi connectivity index (χ2v) is 4.05. The molecule has 0 bridgehead atoms. The fourth-order valence-corrected chi connectivity index (χ4v) is 2.62. The molecule has 3 aliphatic rings. The molecule has 0 radical (unpaired) electrons. The Kier molecular flexibility index (Phi) is 1.66. The van der Waals surface area contributed by atoms with E-state index in [4.69, 9.17) is 4.74 Å². The Balaban J connectivity index is 2.05. The van der Waals surface area contributed by atoms with Gasteiger partial charge in [0.1, 0.15) is 0 Å². The highest BCUT2D eigenvalue weighted by Gasteiger charge is 2.31. The highest BCUT2D eigenvalue weighted by Crippen LogP contribution is 2.38. The highest BCUT2D eigenvalue weighted by atomic mass is 16.5. The van der Waals surface area contributed by atoms with Crippen LogP contribution in [0.2, 0.25) is 0 Å². The van der Waals surface area contributed by atoms with Crippen molar-refractivity contribution in [1.29, 1.82) is 0 Å². The van der Waals surface area contributed by atoms with Crippen molar-refractivity contribution in [2.24, 2.45) is 5.92 Å². The molecule has 1 nitrogen and oxygen atoms in total. The maximum absolute atomic E-state index is 5.83. The van der Waals surface area contributed by atoms with Gasteiger partial charge in [0.05, 0.1) is 12.7 Å². The fraction of sp³-hybridized carbons (Fsp3) is 0.500. The quantitative estimate of drug-likeness (QED) is 0.548. The van der Waals surface area contributed by atoms with E-state index in [2.05, 4.69) is 24.3 Å². The molecule has 1 fully saturated rings. The zero-order valence-corrected chi connectivity index (χ0v) is 7.70. The van der Waals surface area contributed by atoms with E-state index < -0.39 is 0 Å². The predicted molar refractivity (Wildman–Crippen MR) is 52.4 cm³/mol. The summed E-state index contributed by atoms with van der Waals surface area (Å²) in [6.45, 7) is 0.893. The van der Waals surface area contributed by atoms with Gasteiger partial charge in [-0.3, -0.25) is 0 Å². The van der Waals surface area contributed by atoms with Gasteiger partial charge in [0.15, 0.2) is 0 Å². The van der Waals surface area contributed by atoms with Crippen molar-refractivity contribution >= 4 is 0 Å². The van der Waals surface area contributed by atoms with Gasteiger partial charge in [-0.2, -0.15) is 0 Å². The molecule has 13 heavy (non-hydrogen) atoms. The van der Waals surface area contributed by atoms with Crippen LogP contribution in [0.1, 0.15) is 19.3 Å². The lowest BCUT2D eigenvalue weighted by molar-refractivity contribution is 0.0579. The lowest BCUT2D eigenvalue weighted by Gasteiger charge is -2.29. The van der Waals surface area contributed by atoms with Crippen LogP contribution < -0.4 is 0 Å². The van der Waals surface area contributed by atoms with E-state index in [1.807, 2.05) is 0 Å². The van der Waals surface area contributed by atoms with Crippen molar-refractivity contribution in [3.8, 4) is 0 Å². The molecule has 2 unspecified atom stereocenters. The Morgan fingerprint density at radius 3 is 3.31 bits per heavy atom. The Hall–Kier alpha value is -0.820. The zero-order chi connectivity index (χ0) is 8.67. The molecule has 0 aromatic heterocycles. The number of fused-ring (bicyclic) bond motifs is 2. The van der Waals surface area contributed by atoms with E-state index in [1.54, 1.807) is 11.1 Å². The van der Waals surface area contributed by atoms with Gasteiger partial charge >= 0.3 is 0 Å². The van der Waals surface area contributed by atoms with Crippen LogP contribution in [0.3, 0.4) is 0 Å². The number of hydrogen-bond donors (Lipinski definition) is 0. The normalized spacial score (nSPS) is 36.3. The zero-order valence-electron chi connectivity index (χ0n) is 7.70. The van der Waals surface area contributed by atoms with E-state index in [1.165, 1.54) is 19.3 Å². The first-order chi connectivity index (χ1) is 6.45. The molecule has 0 saturated heterocycles. The van der Waals surface area contributed by atoms with Crippen LogP contribution in [0.4, 0.5) is 0 Å². The van der Waals surface area contributed by atoms with Crippen molar-refractivity contribution in [3.63, 3.8) is 0 Å². The molecule has 2 aliphatic carbocycles. The molecule has 68 valence electrons. The summed E-state index contributed by atoms with van der Waals surface area (Å²) in [5.74, 6) is 0.550. The van der Waals surface area contributed by atoms with Gasteiger partial charge in [-0.15, -0.1) is 0 Å². The Bertz CT molecular complexity index is 309. The van der Waals surface area contributed by atoms with Crippen LogP contribution in [0.5, 0.6) is 0 Å². The largest absolute Gasteiger partial charge is 0.373 e. The molecule has 1 heteroatoms. The Morgan fingerprint density at radius 2 is 2.31 bits per heavy atom. The van der Waals surface area contributed by atoms with Gasteiger partial charge in [0.25, 0.3) is 0 Å². The average molecular weight is 174 g/mol. The van der Waals surface area contributed by atoms with E-state index in [0.29, 0.717) is 12.0 Å². The van der Waals surface area contributed by atoms with Gasteiger partial charge in [-0.05, 0) is 30.4 Å². The van der Waals surface area contributed by atoms with Crippen molar-refractivity contribution in [1.82, 2.24) is 0 Å². The van der Waals surface area contributed by atoms with Crippen LogP contribution in [0, 0.1) is 5.92 Å². The van der Waals surface area contributed by atoms with E-state index in [0.717, 1.165) is 6.61 Å². The summed E-state index contributed by atoms with van der Waals surface area (Å²) in [4.78, 5) is 0. The van der Waals surface area contributed by atoms with Crippen LogP contribution in [0.15, 0.2) is 35.5 Å². The molecule has 0 aromatic rings. The molecule has 2 atom stereocenters. The third kappa shape index (κ3) is 1.11. The predicted octanol–water partition coefficient (Wildman–Crippen LogP) is 2.61. The van der Waals surface area contributed by atoms with Crippen molar-refractivity contribution < 1.29 is 4.74 Å². The monoisotopic (exact) mass is 174 g/mol. The Labute approximate surface area is 78.8 Å². The second kappa shape index (κ2) is 2.85. The first kappa shape index (κ1) is 7.57. The maximum Gasteiger partial charge on any atom is 0.0791 e. The van der Waals surface area contributed by atoms with Gasteiger partial charge in [-0.25, -0.2) is 0 Å². The minimum Gasteiger partial charge on any atom is -0.373 e. The summed E-state index contributed by atoms with van der Waals surface area (Å²) in [6, 6.07) is 0. The molecule has 1 saturated carbocycles. The van der Waals surface area contributed by atoms with Gasteiger partial charge in [-0.1, -0.05) is 24.3 Å². The summed E-state index contributed by atoms with van der Waals surface area (Å²) in [6.07, 6.45) is 13.1. The lowest BCUT2D eigenvalue weighted by atomic mass is 9.87. The number of ether oxygens (including phenoxy) is 1. The fourth-order valence-electron chi connectivity index (χ4n) is 2.62. The first-order valence-electron chi connectivity index (χ1n) is 5.14. The molecular formula is C12H14O. The third-order valence-electron chi connectivity index (χ3n) is 3.28. The summed E-state index contributed by atoms with van der Waals surface area (Å²) in [7, 11) is 0. The number of hydrogen-bond acceptors (Lipinski definition) is 1. The third-order valence-corrected chi connectivity index (χ3v) is 3.28. The molecule has 0 aromatic carbocycles. The van der Waals surface area contributed by atoms with E-state index in [9.17, 15) is 0 Å². The summed E-state index contributed by atoms with van der Waals surface area (Å²) in [5.41, 5.74) is 3.13. The van der Waals surface area contributed by atoms with Crippen LogP contribution in [-0.2, 0) is 4.74 Å². The van der Waals surface area contributed by atoms with Crippen molar-refractivity contribution in [2.45, 2.75) is 25.4 Å². The average Bonchev–Trinajstić information content (AvgIpc) is 2.65. The smallest absolute Gasteiger partial charge is 0.0791 e. The van der Waals surface area contributed by atoms with Gasteiger partial charge in [0, 0.05) is 5.92 Å².